The number of hydrogen-bond donors (Lipinski definition) is 0. The first kappa shape index (κ1) is 35.8. The predicted octanol–water partition coefficient (Wildman–Crippen LogP) is 14.7. The third-order valence-electron chi connectivity index (χ3n) is 11.4. The summed E-state index contributed by atoms with van der Waals surface area (Å²) in [6.07, 6.45) is 10.8. The number of hydrogen-bond acceptors (Lipinski definition) is 1. The Morgan fingerprint density at radius 1 is 0.458 bits per heavy atom. The number of benzene rings is 8. The maximum absolute atomic E-state index is 6.05. The van der Waals surface area contributed by atoms with Crippen LogP contribution >= 0.6 is 0 Å². The third-order valence-corrected chi connectivity index (χ3v) is 11.4. The van der Waals surface area contributed by atoms with Crippen LogP contribution in [0.2, 0.25) is 0 Å². The zero-order valence-corrected chi connectivity index (χ0v) is 32.9. The zero-order valence-electron chi connectivity index (χ0n) is 32.9. The van der Waals surface area contributed by atoms with Crippen LogP contribution in [0, 0.1) is 0 Å². The first-order valence-corrected chi connectivity index (χ1v) is 20.1. The normalized spacial score (nSPS) is 11.8. The number of nitrogens with zero attached hydrogens (tertiary/aromatic N) is 2. The summed E-state index contributed by atoms with van der Waals surface area (Å²) >= 11 is 0. The van der Waals surface area contributed by atoms with Gasteiger partial charge in [-0.3, -0.25) is 0 Å². The Morgan fingerprint density at radius 2 is 1.03 bits per heavy atom. The smallest absolute Gasteiger partial charge is 0.128 e. The number of ether oxygens (including phenoxy) is 1. The van der Waals surface area contributed by atoms with Gasteiger partial charge in [-0.15, -0.1) is 0 Å². The summed E-state index contributed by atoms with van der Waals surface area (Å²) in [4.78, 5) is 0. The minimum Gasteiger partial charge on any atom is -0.496 e. The van der Waals surface area contributed by atoms with Crippen molar-refractivity contribution in [2.24, 2.45) is 0 Å². The molecule has 282 valence electrons. The van der Waals surface area contributed by atoms with Gasteiger partial charge in [0.05, 0.1) is 34.9 Å². The van der Waals surface area contributed by atoms with E-state index in [4.69, 9.17) is 4.74 Å². The maximum atomic E-state index is 6.05. The lowest BCUT2D eigenvalue weighted by molar-refractivity contribution is 0.416. The van der Waals surface area contributed by atoms with Gasteiger partial charge < -0.3 is 13.9 Å². The SMILES string of the molecule is C=C/C=C\C=C/Cc1ccc(-c2c(OC)cccc2-n2c3ccccc3c3cc(-c4ccc5c(c4)c4ccccc4n5-c4cccc(-c5ccccc5)c4)ccc32)cc1. The van der Waals surface area contributed by atoms with Crippen LogP contribution in [-0.2, 0) is 6.42 Å². The first-order chi connectivity index (χ1) is 29.2. The highest BCUT2D eigenvalue weighted by molar-refractivity contribution is 6.13. The molecule has 0 fully saturated rings. The highest BCUT2D eigenvalue weighted by Crippen LogP contribution is 2.42. The van der Waals surface area contributed by atoms with E-state index in [1.807, 2.05) is 12.2 Å². The maximum Gasteiger partial charge on any atom is 0.128 e. The summed E-state index contributed by atoms with van der Waals surface area (Å²) in [6, 6.07) is 66.0. The molecule has 0 saturated heterocycles. The van der Waals surface area contributed by atoms with Gasteiger partial charge in [-0.05, 0) is 100 Å². The second-order valence-corrected chi connectivity index (χ2v) is 14.9. The molecule has 0 unspecified atom stereocenters. The molecule has 0 saturated carbocycles. The molecule has 0 radical (unpaired) electrons. The summed E-state index contributed by atoms with van der Waals surface area (Å²) in [5, 5.41) is 4.89. The van der Waals surface area contributed by atoms with Gasteiger partial charge >= 0.3 is 0 Å². The van der Waals surface area contributed by atoms with E-state index in [2.05, 4.69) is 210 Å². The number of allylic oxidation sites excluding steroid dienone is 5. The zero-order chi connectivity index (χ0) is 39.7. The molecule has 2 aromatic heterocycles. The Kier molecular flexibility index (Phi) is 9.32. The Bertz CT molecular complexity index is 3230. The van der Waals surface area contributed by atoms with E-state index >= 15 is 0 Å². The van der Waals surface area contributed by atoms with Crippen LogP contribution < -0.4 is 4.74 Å². The van der Waals surface area contributed by atoms with Crippen LogP contribution in [0.5, 0.6) is 5.75 Å². The van der Waals surface area contributed by atoms with E-state index in [0.717, 1.165) is 45.7 Å². The highest BCUT2D eigenvalue weighted by Gasteiger charge is 2.20. The highest BCUT2D eigenvalue weighted by atomic mass is 16.5. The average molecular weight is 759 g/mol. The lowest BCUT2D eigenvalue weighted by atomic mass is 9.99. The van der Waals surface area contributed by atoms with E-state index < -0.39 is 0 Å². The molecule has 10 rings (SSSR count). The molecule has 0 spiro atoms. The molecule has 0 aliphatic heterocycles. The first-order valence-electron chi connectivity index (χ1n) is 20.1. The minimum atomic E-state index is 0.839. The molecule has 0 N–H and O–H groups in total. The Morgan fingerprint density at radius 3 is 1.73 bits per heavy atom. The largest absolute Gasteiger partial charge is 0.496 e. The fourth-order valence-electron chi connectivity index (χ4n) is 8.70. The van der Waals surface area contributed by atoms with Crippen LogP contribution in [-0.4, -0.2) is 16.2 Å². The number of aromatic nitrogens is 2. The lowest BCUT2D eigenvalue weighted by Crippen LogP contribution is -1.99. The van der Waals surface area contributed by atoms with Gasteiger partial charge in [-0.2, -0.15) is 0 Å². The van der Waals surface area contributed by atoms with Crippen molar-refractivity contribution in [1.29, 1.82) is 0 Å². The van der Waals surface area contributed by atoms with E-state index in [-0.39, 0.29) is 0 Å². The third kappa shape index (κ3) is 6.43. The Labute approximate surface area is 344 Å². The van der Waals surface area contributed by atoms with E-state index in [9.17, 15) is 0 Å². The van der Waals surface area contributed by atoms with Crippen molar-refractivity contribution in [2.75, 3.05) is 7.11 Å². The van der Waals surface area contributed by atoms with Gasteiger partial charge in [0.1, 0.15) is 5.75 Å². The van der Waals surface area contributed by atoms with Crippen molar-refractivity contribution in [2.45, 2.75) is 6.42 Å². The van der Waals surface area contributed by atoms with Crippen molar-refractivity contribution < 1.29 is 4.74 Å². The lowest BCUT2D eigenvalue weighted by Gasteiger charge is -2.17. The van der Waals surface area contributed by atoms with Crippen LogP contribution in [0.4, 0.5) is 0 Å². The summed E-state index contributed by atoms with van der Waals surface area (Å²) in [5.41, 5.74) is 15.1. The van der Waals surface area contributed by atoms with Crippen molar-refractivity contribution in [1.82, 2.24) is 9.13 Å². The Hall–Kier alpha value is -7.62. The van der Waals surface area contributed by atoms with Crippen LogP contribution in [0.25, 0.3) is 88.4 Å². The number of rotatable bonds is 10. The van der Waals surface area contributed by atoms with Gasteiger partial charge in [0.2, 0.25) is 0 Å². The number of methoxy groups -OCH3 is 1. The topological polar surface area (TPSA) is 19.1 Å². The summed E-state index contributed by atoms with van der Waals surface area (Å²) in [7, 11) is 1.76. The second kappa shape index (κ2) is 15.4. The minimum absolute atomic E-state index is 0.839. The number of fused-ring (bicyclic) bond motifs is 6. The Balaban J connectivity index is 1.08. The van der Waals surface area contributed by atoms with Crippen molar-refractivity contribution in [3.63, 3.8) is 0 Å². The van der Waals surface area contributed by atoms with E-state index in [1.165, 1.54) is 60.4 Å². The van der Waals surface area contributed by atoms with Gasteiger partial charge in [-0.1, -0.05) is 158 Å². The molecule has 0 amide bonds. The van der Waals surface area contributed by atoms with Gasteiger partial charge in [0.15, 0.2) is 0 Å². The van der Waals surface area contributed by atoms with Gasteiger partial charge in [-0.25, -0.2) is 0 Å². The predicted molar refractivity (Wildman–Crippen MR) is 250 cm³/mol. The summed E-state index contributed by atoms with van der Waals surface area (Å²) < 4.78 is 10.9. The monoisotopic (exact) mass is 758 g/mol. The molecular weight excluding hydrogens is 717 g/mol. The van der Waals surface area contributed by atoms with E-state index in [1.54, 1.807) is 13.2 Å². The van der Waals surface area contributed by atoms with Crippen molar-refractivity contribution >= 4 is 43.6 Å². The molecular formula is C56H42N2O. The fourth-order valence-corrected chi connectivity index (χ4v) is 8.70. The molecule has 10 aromatic rings. The second-order valence-electron chi connectivity index (χ2n) is 14.9. The standard InChI is InChI=1S/C56H42N2O/c1-3-4-5-6-8-17-39-28-30-41(31-29-39)56-54(26-16-27-55(56)59-2)58-51-25-14-12-23-47(51)49-38-44(33-35-53(49)58)43-32-34-52-48(37-43)46-22-11-13-24-50(46)57(52)45-21-15-20-42(36-45)40-18-9-7-10-19-40/h3-16,18-38H,1,17H2,2H3/b5-4-,8-6-. The average Bonchev–Trinajstić information content (AvgIpc) is 3.81. The molecule has 0 atom stereocenters. The summed E-state index contributed by atoms with van der Waals surface area (Å²) in [5.74, 6) is 0.839. The van der Waals surface area contributed by atoms with Crippen LogP contribution in [0.3, 0.4) is 0 Å². The molecule has 8 aromatic carbocycles. The van der Waals surface area contributed by atoms with Crippen molar-refractivity contribution in [3.05, 3.63) is 225 Å². The van der Waals surface area contributed by atoms with Crippen LogP contribution in [0.15, 0.2) is 219 Å². The van der Waals surface area contributed by atoms with Crippen LogP contribution in [0.1, 0.15) is 5.56 Å². The quantitative estimate of drug-likeness (QED) is 0.127. The molecule has 2 heterocycles. The van der Waals surface area contributed by atoms with Gasteiger partial charge in [0, 0.05) is 32.8 Å². The summed E-state index contributed by atoms with van der Waals surface area (Å²) in [6.45, 7) is 3.75. The van der Waals surface area contributed by atoms with Crippen molar-refractivity contribution in [3.8, 4) is 50.5 Å². The number of para-hydroxylation sites is 2. The molecule has 0 aliphatic rings. The molecule has 0 bridgehead atoms. The molecule has 3 heteroatoms. The molecule has 3 nitrogen and oxygen atoms in total. The van der Waals surface area contributed by atoms with Gasteiger partial charge in [0.25, 0.3) is 0 Å². The fraction of sp³-hybridized carbons (Fsp3) is 0.0357. The van der Waals surface area contributed by atoms with E-state index in [0.29, 0.717) is 0 Å². The molecule has 59 heavy (non-hydrogen) atoms. The molecule has 0 aliphatic carbocycles.